The number of nitrogens with zero attached hydrogens (tertiary/aromatic N) is 3. The van der Waals surface area contributed by atoms with Crippen LogP contribution in [0.4, 0.5) is 0 Å². The van der Waals surface area contributed by atoms with Gasteiger partial charge in [-0.25, -0.2) is 19.7 Å². The zero-order valence-corrected chi connectivity index (χ0v) is 32.6. The molecule has 0 bridgehead atoms. The maximum atomic E-state index is 14.1. The van der Waals surface area contributed by atoms with E-state index in [2.05, 4.69) is 56.5 Å². The van der Waals surface area contributed by atoms with Crippen LogP contribution in [0.25, 0.3) is 0 Å². The van der Waals surface area contributed by atoms with Crippen LogP contribution in [0, 0.1) is 0 Å². The first-order chi connectivity index (χ1) is 27.9. The van der Waals surface area contributed by atoms with Crippen LogP contribution in [0.1, 0.15) is 74.9 Å². The molecule has 22 nitrogen and oxygen atoms in total. The third-order valence-electron chi connectivity index (χ3n) is 9.25. The van der Waals surface area contributed by atoms with E-state index >= 15 is 0 Å². The first-order valence-corrected chi connectivity index (χ1v) is 19.5. The van der Waals surface area contributed by atoms with Crippen LogP contribution >= 0.6 is 0 Å². The molecule has 0 aliphatic heterocycles. The summed E-state index contributed by atoms with van der Waals surface area (Å²) < 4.78 is 0. The van der Waals surface area contributed by atoms with Gasteiger partial charge in [0.2, 0.25) is 29.5 Å². The van der Waals surface area contributed by atoms with Crippen LogP contribution in [0.15, 0.2) is 37.6 Å². The van der Waals surface area contributed by atoms with Crippen molar-refractivity contribution >= 4 is 35.5 Å². The minimum absolute atomic E-state index is 0.127. The smallest absolute Gasteiger partial charge is 0.326 e. The molecule has 0 aliphatic rings. The molecule has 0 spiro atoms. The van der Waals surface area contributed by atoms with Crippen LogP contribution in [0.5, 0.6) is 0 Å². The number of H-pyrrole nitrogens is 3. The summed E-state index contributed by atoms with van der Waals surface area (Å²) in [5.41, 5.74) is 24.2. The van der Waals surface area contributed by atoms with Crippen LogP contribution in [0.2, 0.25) is 0 Å². The second kappa shape index (κ2) is 25.5. The number of unbranched alkanes of at least 4 members (excludes halogenated alkanes) is 3. The van der Waals surface area contributed by atoms with Crippen molar-refractivity contribution < 1.29 is 33.9 Å². The topological polar surface area (TPSA) is 373 Å². The van der Waals surface area contributed by atoms with Gasteiger partial charge in [0.15, 0.2) is 0 Å². The van der Waals surface area contributed by atoms with Gasteiger partial charge in [0.1, 0.15) is 30.2 Å². The van der Waals surface area contributed by atoms with Crippen molar-refractivity contribution in [3.8, 4) is 0 Å². The molecule has 0 aliphatic carbocycles. The van der Waals surface area contributed by atoms with E-state index in [1.165, 1.54) is 37.6 Å². The standard InChI is InChI=1S/C36H59N15O7/c37-10-4-1-7-25(40)31(52)47-26(8-2-5-11-38)32(53)48-27(9-3-6-12-39)33(54)49-28(13-22-16-41-19-44-22)34(55)50-29(14-23-17-42-20-45-23)35(56)51-30(36(57)58)15-24-18-43-21-46-24/h16-21,25-30H,1-15,37-40H2,(H,41,44)(H,42,45)(H,43,46)(H,47,52)(H,48,53)(H,49,54)(H,50,55)(H,51,56)(H,57,58)/t25-,26-,27-,28-,29-,30-/m0/s1. The average molecular weight is 814 g/mol. The largest absolute Gasteiger partial charge is 0.480 e. The third-order valence-corrected chi connectivity index (χ3v) is 9.25. The summed E-state index contributed by atoms with van der Waals surface area (Å²) in [5.74, 6) is -4.80. The minimum Gasteiger partial charge on any atom is -0.480 e. The predicted octanol–water partition coefficient (Wildman–Crippen LogP) is -2.89. The summed E-state index contributed by atoms with van der Waals surface area (Å²) in [5, 5.41) is 23.2. The summed E-state index contributed by atoms with van der Waals surface area (Å²) >= 11 is 0. The molecule has 0 aromatic carbocycles. The molecular weight excluding hydrogens is 754 g/mol. The van der Waals surface area contributed by atoms with E-state index in [1.54, 1.807) is 0 Å². The van der Waals surface area contributed by atoms with Gasteiger partial charge in [0.05, 0.1) is 42.1 Å². The Labute approximate surface area is 336 Å². The van der Waals surface area contributed by atoms with Crippen molar-refractivity contribution in [1.29, 1.82) is 0 Å². The van der Waals surface area contributed by atoms with Gasteiger partial charge in [0.25, 0.3) is 0 Å². The van der Waals surface area contributed by atoms with E-state index in [-0.39, 0.29) is 32.1 Å². The third kappa shape index (κ3) is 16.4. The number of carbonyl (C=O) groups excluding carboxylic acids is 5. The summed E-state index contributed by atoms with van der Waals surface area (Å²) in [4.78, 5) is 101. The fourth-order valence-corrected chi connectivity index (χ4v) is 5.98. The van der Waals surface area contributed by atoms with Gasteiger partial charge in [-0.1, -0.05) is 6.42 Å². The number of imidazole rings is 3. The van der Waals surface area contributed by atoms with Crippen LogP contribution in [-0.2, 0) is 48.0 Å². The molecule has 0 fully saturated rings. The zero-order valence-electron chi connectivity index (χ0n) is 32.6. The molecule has 6 atom stereocenters. The lowest BCUT2D eigenvalue weighted by atomic mass is 10.0. The highest BCUT2D eigenvalue weighted by Crippen LogP contribution is 2.10. The molecule has 17 N–H and O–H groups in total. The fraction of sp³-hybridized carbons (Fsp3) is 0.583. The number of nitrogens with one attached hydrogen (secondary N) is 8. The first kappa shape index (κ1) is 46.7. The maximum Gasteiger partial charge on any atom is 0.326 e. The SMILES string of the molecule is NCCCC[C@H](NC(=O)[C@H](CCCCN)NC(=O)[C@@H](N)CCCCN)C(=O)N[C@@H](Cc1c[nH]cn1)C(=O)N[C@@H](Cc1c[nH]cn1)C(=O)N[C@@H](Cc1c[nH]cn1)C(=O)O. The van der Waals surface area contributed by atoms with E-state index < -0.39 is 71.8 Å². The zero-order chi connectivity index (χ0) is 42.3. The summed E-state index contributed by atoms with van der Waals surface area (Å²) in [6, 6.07) is -7.12. The molecule has 3 aromatic heterocycles. The number of carboxylic acids is 1. The lowest BCUT2D eigenvalue weighted by molar-refractivity contribution is -0.142. The second-order valence-corrected chi connectivity index (χ2v) is 13.9. The highest BCUT2D eigenvalue weighted by atomic mass is 16.4. The van der Waals surface area contributed by atoms with E-state index in [0.29, 0.717) is 81.7 Å². The van der Waals surface area contributed by atoms with Gasteiger partial charge < -0.3 is 69.6 Å². The van der Waals surface area contributed by atoms with Gasteiger partial charge in [-0.2, -0.15) is 0 Å². The number of carboxylic acid groups (broad SMARTS) is 1. The van der Waals surface area contributed by atoms with Gasteiger partial charge in [-0.05, 0) is 71.0 Å². The Hall–Kier alpha value is -5.71. The quantitative estimate of drug-likeness (QED) is 0.0313. The Bertz CT molecular complexity index is 1670. The minimum atomic E-state index is -1.39. The average Bonchev–Trinajstić information content (AvgIpc) is 4.02. The molecule has 5 amide bonds. The number of amides is 5. The van der Waals surface area contributed by atoms with E-state index in [4.69, 9.17) is 22.9 Å². The Balaban J connectivity index is 1.84. The number of aromatic amines is 3. The number of hydrogen-bond donors (Lipinski definition) is 13. The molecular formula is C36H59N15O7. The maximum absolute atomic E-state index is 14.1. The highest BCUT2D eigenvalue weighted by molar-refractivity contribution is 5.96. The number of carbonyl (C=O) groups is 6. The number of aromatic nitrogens is 6. The highest BCUT2D eigenvalue weighted by Gasteiger charge is 2.33. The van der Waals surface area contributed by atoms with E-state index in [0.717, 1.165) is 0 Å². The number of rotatable bonds is 29. The molecule has 3 aromatic rings. The van der Waals surface area contributed by atoms with E-state index in [9.17, 15) is 33.9 Å². The number of nitrogens with two attached hydrogens (primary N) is 4. The fourth-order valence-electron chi connectivity index (χ4n) is 5.98. The van der Waals surface area contributed by atoms with E-state index in [1.807, 2.05) is 0 Å². The van der Waals surface area contributed by atoms with Crippen molar-refractivity contribution in [3.63, 3.8) is 0 Å². The molecule has 0 saturated heterocycles. The van der Waals surface area contributed by atoms with Crippen molar-refractivity contribution in [3.05, 3.63) is 54.7 Å². The first-order valence-electron chi connectivity index (χ1n) is 19.5. The molecule has 3 rings (SSSR count). The Kier molecular flexibility index (Phi) is 20.5. The lowest BCUT2D eigenvalue weighted by Gasteiger charge is -2.27. The lowest BCUT2D eigenvalue weighted by Crippen LogP contribution is -2.60. The normalized spacial score (nSPS) is 14.3. The second-order valence-electron chi connectivity index (χ2n) is 13.9. The van der Waals surface area contributed by atoms with Crippen molar-refractivity contribution in [1.82, 2.24) is 56.5 Å². The molecule has 320 valence electrons. The molecule has 0 radical (unpaired) electrons. The van der Waals surface area contributed by atoms with Gasteiger partial charge in [0, 0.05) is 37.9 Å². The Morgan fingerprint density at radius 3 is 1.19 bits per heavy atom. The van der Waals surface area contributed by atoms with Crippen molar-refractivity contribution in [2.75, 3.05) is 19.6 Å². The van der Waals surface area contributed by atoms with Crippen molar-refractivity contribution in [2.45, 2.75) is 113 Å². The Morgan fingerprint density at radius 1 is 0.500 bits per heavy atom. The van der Waals surface area contributed by atoms with Crippen LogP contribution in [0.3, 0.4) is 0 Å². The summed E-state index contributed by atoms with van der Waals surface area (Å²) in [6.45, 7) is 1.16. The number of hydrogen-bond acceptors (Lipinski definition) is 13. The predicted molar refractivity (Wildman–Crippen MR) is 211 cm³/mol. The summed E-state index contributed by atoms with van der Waals surface area (Å²) in [6.07, 6.45) is 12.5. The van der Waals surface area contributed by atoms with Gasteiger partial charge in [-0.3, -0.25) is 24.0 Å². The monoisotopic (exact) mass is 813 g/mol. The molecule has 0 unspecified atom stereocenters. The van der Waals surface area contributed by atoms with Crippen LogP contribution < -0.4 is 49.5 Å². The van der Waals surface area contributed by atoms with Crippen LogP contribution in [-0.4, -0.2) is 126 Å². The molecule has 58 heavy (non-hydrogen) atoms. The Morgan fingerprint density at radius 2 is 0.828 bits per heavy atom. The molecule has 0 saturated carbocycles. The number of aliphatic carboxylic acids is 1. The van der Waals surface area contributed by atoms with Crippen molar-refractivity contribution in [2.24, 2.45) is 22.9 Å². The molecule has 3 heterocycles. The molecule has 22 heteroatoms. The van der Waals surface area contributed by atoms with Gasteiger partial charge in [-0.15, -0.1) is 0 Å². The van der Waals surface area contributed by atoms with Gasteiger partial charge >= 0.3 is 5.97 Å². The summed E-state index contributed by atoms with van der Waals surface area (Å²) in [7, 11) is 0.